The van der Waals surface area contributed by atoms with Gasteiger partial charge in [0, 0.05) is 5.41 Å². The summed E-state index contributed by atoms with van der Waals surface area (Å²) < 4.78 is 5.95. The molecule has 0 aromatic heterocycles. The minimum absolute atomic E-state index is 0.115. The van der Waals surface area contributed by atoms with Gasteiger partial charge in [-0.15, -0.1) is 0 Å². The second kappa shape index (κ2) is 4.61. The average molecular weight is 300 g/mol. The summed E-state index contributed by atoms with van der Waals surface area (Å²) in [6.07, 6.45) is 13.6. The van der Waals surface area contributed by atoms with E-state index < -0.39 is 0 Å². The molecule has 0 N–H and O–H groups in total. The van der Waals surface area contributed by atoms with E-state index in [2.05, 4.69) is 19.1 Å². The van der Waals surface area contributed by atoms with Gasteiger partial charge in [0.1, 0.15) is 0 Å². The first-order valence-corrected chi connectivity index (χ1v) is 9.51. The molecule has 0 saturated heterocycles. The maximum atomic E-state index is 12.6. The Hall–Kier alpha value is -0.790. The highest BCUT2D eigenvalue weighted by atomic mass is 16.5. The van der Waals surface area contributed by atoms with Gasteiger partial charge in [0.15, 0.2) is 0 Å². The third-order valence-electron chi connectivity index (χ3n) is 8.15. The van der Waals surface area contributed by atoms with Crippen molar-refractivity contribution >= 4 is 5.97 Å². The molecule has 4 saturated carbocycles. The van der Waals surface area contributed by atoms with Crippen molar-refractivity contribution in [2.75, 3.05) is 6.61 Å². The normalized spacial score (nSPS) is 54.1. The molecule has 120 valence electrons. The second-order valence-corrected chi connectivity index (χ2v) is 9.10. The van der Waals surface area contributed by atoms with E-state index in [0.717, 1.165) is 36.7 Å². The molecular formula is C20H28O2. The Morgan fingerprint density at radius 1 is 1.23 bits per heavy atom. The standard InChI is InChI=1S/C20H28O2/c1-12-2-5-17-18(12)15-6-7-20(17,10-15)11-22-19(21)16-9-13-3-4-14(16)8-13/h3-4,12-18H,2,5-11H2,1H3. The van der Waals surface area contributed by atoms with Crippen LogP contribution in [-0.4, -0.2) is 12.6 Å². The first kappa shape index (κ1) is 13.6. The molecule has 0 amide bonds. The minimum atomic E-state index is 0.115. The Morgan fingerprint density at radius 2 is 2.14 bits per heavy atom. The molecule has 0 aromatic carbocycles. The zero-order valence-electron chi connectivity index (χ0n) is 13.7. The Labute approximate surface area is 133 Å². The van der Waals surface area contributed by atoms with Gasteiger partial charge in [0.05, 0.1) is 12.5 Å². The molecule has 8 atom stereocenters. The fourth-order valence-electron chi connectivity index (χ4n) is 7.21. The molecule has 0 aromatic rings. The van der Waals surface area contributed by atoms with Crippen molar-refractivity contribution in [3.8, 4) is 0 Å². The Bertz CT molecular complexity index is 524. The topological polar surface area (TPSA) is 26.3 Å². The monoisotopic (exact) mass is 300 g/mol. The molecule has 0 heterocycles. The van der Waals surface area contributed by atoms with E-state index in [0.29, 0.717) is 17.3 Å². The maximum Gasteiger partial charge on any atom is 0.309 e. The molecule has 2 nitrogen and oxygen atoms in total. The van der Waals surface area contributed by atoms with E-state index in [9.17, 15) is 4.79 Å². The number of carbonyl (C=O) groups excluding carboxylic acids is 1. The first-order chi connectivity index (χ1) is 10.7. The molecule has 5 rings (SSSR count). The highest BCUT2D eigenvalue weighted by Crippen LogP contribution is 2.67. The van der Waals surface area contributed by atoms with Crippen molar-refractivity contribution in [3.05, 3.63) is 12.2 Å². The Morgan fingerprint density at radius 3 is 2.91 bits per heavy atom. The Balaban J connectivity index is 1.27. The van der Waals surface area contributed by atoms with Crippen molar-refractivity contribution in [1.29, 1.82) is 0 Å². The molecule has 8 unspecified atom stereocenters. The summed E-state index contributed by atoms with van der Waals surface area (Å²) >= 11 is 0. The van der Waals surface area contributed by atoms with Crippen molar-refractivity contribution in [1.82, 2.24) is 0 Å². The molecule has 0 aliphatic heterocycles. The fraction of sp³-hybridized carbons (Fsp3) is 0.850. The van der Waals surface area contributed by atoms with Crippen molar-refractivity contribution < 1.29 is 9.53 Å². The second-order valence-electron chi connectivity index (χ2n) is 9.10. The van der Waals surface area contributed by atoms with E-state index in [1.165, 1.54) is 38.5 Å². The summed E-state index contributed by atoms with van der Waals surface area (Å²) in [7, 11) is 0. The number of esters is 1. The van der Waals surface area contributed by atoms with Crippen LogP contribution in [0.15, 0.2) is 12.2 Å². The van der Waals surface area contributed by atoms with Gasteiger partial charge in [-0.2, -0.15) is 0 Å². The fourth-order valence-corrected chi connectivity index (χ4v) is 7.21. The zero-order chi connectivity index (χ0) is 14.9. The minimum Gasteiger partial charge on any atom is -0.465 e. The lowest BCUT2D eigenvalue weighted by molar-refractivity contribution is -0.154. The predicted molar refractivity (Wildman–Crippen MR) is 85.0 cm³/mol. The number of hydrogen-bond donors (Lipinski definition) is 0. The number of allylic oxidation sites excluding steroid dienone is 2. The lowest BCUT2D eigenvalue weighted by Crippen LogP contribution is -2.35. The SMILES string of the molecule is CC1CCC2C1C1CCC2(COC(=O)C2CC3C=CC2C3)C1. The van der Waals surface area contributed by atoms with Gasteiger partial charge in [-0.3, -0.25) is 4.79 Å². The number of hydrogen-bond acceptors (Lipinski definition) is 2. The van der Waals surface area contributed by atoms with Gasteiger partial charge >= 0.3 is 5.97 Å². The van der Waals surface area contributed by atoms with Crippen LogP contribution < -0.4 is 0 Å². The third kappa shape index (κ3) is 1.76. The van der Waals surface area contributed by atoms with Crippen LogP contribution in [0.2, 0.25) is 0 Å². The van der Waals surface area contributed by atoms with Crippen LogP contribution in [0.4, 0.5) is 0 Å². The molecule has 22 heavy (non-hydrogen) atoms. The van der Waals surface area contributed by atoms with Gasteiger partial charge < -0.3 is 4.74 Å². The van der Waals surface area contributed by atoms with E-state index in [4.69, 9.17) is 4.74 Å². The van der Waals surface area contributed by atoms with Gasteiger partial charge in [0.2, 0.25) is 0 Å². The van der Waals surface area contributed by atoms with Crippen LogP contribution in [0, 0.1) is 46.8 Å². The summed E-state index contributed by atoms with van der Waals surface area (Å²) in [5.74, 6) is 5.06. The van der Waals surface area contributed by atoms with Crippen LogP contribution in [0.1, 0.15) is 51.9 Å². The lowest BCUT2D eigenvalue weighted by Gasteiger charge is -2.36. The maximum absolute atomic E-state index is 12.6. The van der Waals surface area contributed by atoms with Crippen molar-refractivity contribution in [3.63, 3.8) is 0 Å². The highest BCUT2D eigenvalue weighted by Gasteiger charge is 2.61. The summed E-state index contributed by atoms with van der Waals surface area (Å²) in [5.41, 5.74) is 0.364. The summed E-state index contributed by atoms with van der Waals surface area (Å²) in [6.45, 7) is 3.18. The van der Waals surface area contributed by atoms with E-state index in [1.807, 2.05) is 0 Å². The summed E-state index contributed by atoms with van der Waals surface area (Å²) in [4.78, 5) is 12.6. The quantitative estimate of drug-likeness (QED) is 0.576. The predicted octanol–water partition coefficient (Wildman–Crippen LogP) is 4.20. The number of fused-ring (bicyclic) bond motifs is 7. The molecule has 2 heteroatoms. The average Bonchev–Trinajstić information content (AvgIpc) is 3.29. The Kier molecular flexibility index (Phi) is 2.86. The van der Waals surface area contributed by atoms with Crippen LogP contribution in [0.3, 0.4) is 0 Å². The first-order valence-electron chi connectivity index (χ1n) is 9.51. The van der Waals surface area contributed by atoms with E-state index in [-0.39, 0.29) is 11.9 Å². The molecular weight excluding hydrogens is 272 g/mol. The van der Waals surface area contributed by atoms with Crippen molar-refractivity contribution in [2.45, 2.75) is 51.9 Å². The number of ether oxygens (including phenoxy) is 1. The van der Waals surface area contributed by atoms with Gasteiger partial charge in [-0.1, -0.05) is 25.5 Å². The van der Waals surface area contributed by atoms with E-state index >= 15 is 0 Å². The zero-order valence-corrected chi connectivity index (χ0v) is 13.7. The highest BCUT2D eigenvalue weighted by molar-refractivity contribution is 5.74. The molecule has 5 aliphatic rings. The van der Waals surface area contributed by atoms with Gasteiger partial charge in [-0.05, 0) is 74.0 Å². The number of carbonyl (C=O) groups is 1. The molecule has 4 bridgehead atoms. The third-order valence-corrected chi connectivity index (χ3v) is 8.15. The van der Waals surface area contributed by atoms with E-state index in [1.54, 1.807) is 0 Å². The molecule has 0 spiro atoms. The largest absolute Gasteiger partial charge is 0.465 e. The summed E-state index contributed by atoms with van der Waals surface area (Å²) in [6, 6.07) is 0. The van der Waals surface area contributed by atoms with Gasteiger partial charge in [-0.25, -0.2) is 0 Å². The lowest BCUT2D eigenvalue weighted by atomic mass is 9.71. The summed E-state index contributed by atoms with van der Waals surface area (Å²) in [5, 5.41) is 0. The van der Waals surface area contributed by atoms with Crippen molar-refractivity contribution in [2.24, 2.45) is 46.8 Å². The van der Waals surface area contributed by atoms with Gasteiger partial charge in [0.25, 0.3) is 0 Å². The van der Waals surface area contributed by atoms with Crippen LogP contribution in [-0.2, 0) is 9.53 Å². The number of rotatable bonds is 3. The molecule has 4 fully saturated rings. The smallest absolute Gasteiger partial charge is 0.309 e. The van der Waals surface area contributed by atoms with Crippen LogP contribution in [0.5, 0.6) is 0 Å². The molecule has 0 radical (unpaired) electrons. The van der Waals surface area contributed by atoms with Crippen LogP contribution in [0.25, 0.3) is 0 Å². The van der Waals surface area contributed by atoms with Crippen LogP contribution >= 0.6 is 0 Å². The molecule has 5 aliphatic carbocycles.